The maximum absolute atomic E-state index is 2.40. The highest BCUT2D eigenvalue weighted by Gasteiger charge is 2.18. The number of rotatable bonds is 3. The summed E-state index contributed by atoms with van der Waals surface area (Å²) in [5.74, 6) is 0. The lowest BCUT2D eigenvalue weighted by Crippen LogP contribution is -2.10. The first-order valence-corrected chi connectivity index (χ1v) is 15.9. The molecule has 0 fully saturated rings. The van der Waals surface area contributed by atoms with Crippen molar-refractivity contribution in [1.82, 2.24) is 4.57 Å². The van der Waals surface area contributed by atoms with Gasteiger partial charge in [-0.1, -0.05) is 142 Å². The quantitative estimate of drug-likeness (QED) is 0.185. The second kappa shape index (κ2) is 9.55. The van der Waals surface area contributed by atoms with Crippen molar-refractivity contribution < 1.29 is 0 Å². The fourth-order valence-corrected chi connectivity index (χ4v) is 7.47. The predicted octanol–water partition coefficient (Wildman–Crippen LogP) is 12.3. The number of fused-ring (bicyclic) bond motifs is 3. The molecule has 1 aromatic heterocycles. The zero-order valence-electron chi connectivity index (χ0n) is 25.8. The molecule has 45 heavy (non-hydrogen) atoms. The predicted molar refractivity (Wildman–Crippen MR) is 194 cm³/mol. The van der Waals surface area contributed by atoms with Gasteiger partial charge in [0.15, 0.2) is 0 Å². The van der Waals surface area contributed by atoms with Crippen LogP contribution in [-0.2, 0) is 5.41 Å². The highest BCUT2D eigenvalue weighted by molar-refractivity contribution is 6.27. The minimum Gasteiger partial charge on any atom is -0.309 e. The van der Waals surface area contributed by atoms with E-state index in [1.54, 1.807) is 0 Å². The van der Waals surface area contributed by atoms with Crippen LogP contribution in [0.2, 0.25) is 0 Å². The van der Waals surface area contributed by atoms with Gasteiger partial charge in [0, 0.05) is 16.5 Å². The average Bonchev–Trinajstić information content (AvgIpc) is 3.41. The van der Waals surface area contributed by atoms with Crippen molar-refractivity contribution in [3.05, 3.63) is 151 Å². The maximum Gasteiger partial charge on any atom is 0.0541 e. The van der Waals surface area contributed by atoms with Crippen molar-refractivity contribution >= 4 is 54.1 Å². The number of aromatic nitrogens is 1. The molecule has 0 radical (unpaired) electrons. The van der Waals surface area contributed by atoms with Gasteiger partial charge in [-0.2, -0.15) is 0 Å². The fraction of sp³-hybridized carbons (Fsp3) is 0.0909. The fourth-order valence-electron chi connectivity index (χ4n) is 7.47. The molecule has 1 nitrogen and oxygen atoms in total. The van der Waals surface area contributed by atoms with E-state index in [9.17, 15) is 0 Å². The Morgan fingerprint density at radius 1 is 0.422 bits per heavy atom. The summed E-state index contributed by atoms with van der Waals surface area (Å²) >= 11 is 0. The summed E-state index contributed by atoms with van der Waals surface area (Å²) in [6.45, 7) is 6.82. The second-order valence-corrected chi connectivity index (χ2v) is 13.4. The molecule has 214 valence electrons. The van der Waals surface area contributed by atoms with Gasteiger partial charge in [0.1, 0.15) is 0 Å². The van der Waals surface area contributed by atoms with Crippen molar-refractivity contribution in [1.29, 1.82) is 0 Å². The van der Waals surface area contributed by atoms with Crippen LogP contribution in [0, 0.1) is 0 Å². The Kier molecular flexibility index (Phi) is 5.53. The molecule has 0 amide bonds. The smallest absolute Gasteiger partial charge is 0.0541 e. The van der Waals surface area contributed by atoms with Gasteiger partial charge in [-0.15, -0.1) is 0 Å². The number of hydrogen-bond donors (Lipinski definition) is 0. The van der Waals surface area contributed by atoms with Crippen molar-refractivity contribution in [3.8, 4) is 27.9 Å². The molecular weight excluding hydrogens is 542 g/mol. The largest absolute Gasteiger partial charge is 0.309 e. The Hall–Kier alpha value is -5.40. The molecule has 0 saturated heterocycles. The van der Waals surface area contributed by atoms with Gasteiger partial charge < -0.3 is 4.57 Å². The Labute approximate surface area is 263 Å². The van der Waals surface area contributed by atoms with Crippen LogP contribution in [-0.4, -0.2) is 4.57 Å². The number of para-hydroxylation sites is 2. The number of benzene rings is 8. The van der Waals surface area contributed by atoms with Gasteiger partial charge in [0.25, 0.3) is 0 Å². The van der Waals surface area contributed by atoms with Crippen LogP contribution in [0.1, 0.15) is 26.3 Å². The average molecular weight is 576 g/mol. The van der Waals surface area contributed by atoms with Crippen LogP contribution in [0.15, 0.2) is 146 Å². The molecule has 0 aliphatic heterocycles. The molecule has 0 atom stereocenters. The van der Waals surface area contributed by atoms with Gasteiger partial charge >= 0.3 is 0 Å². The van der Waals surface area contributed by atoms with Crippen molar-refractivity contribution in [2.75, 3.05) is 0 Å². The van der Waals surface area contributed by atoms with E-state index >= 15 is 0 Å². The zero-order valence-corrected chi connectivity index (χ0v) is 25.8. The van der Waals surface area contributed by atoms with Crippen LogP contribution in [0.5, 0.6) is 0 Å². The van der Waals surface area contributed by atoms with Gasteiger partial charge in [0.05, 0.1) is 11.0 Å². The van der Waals surface area contributed by atoms with Gasteiger partial charge in [-0.25, -0.2) is 0 Å². The summed E-state index contributed by atoms with van der Waals surface area (Å²) in [5.41, 5.74) is 10.2. The molecule has 0 aliphatic carbocycles. The van der Waals surface area contributed by atoms with E-state index < -0.39 is 0 Å². The molecule has 0 spiro atoms. The van der Waals surface area contributed by atoms with E-state index in [4.69, 9.17) is 0 Å². The van der Waals surface area contributed by atoms with E-state index in [2.05, 4.69) is 171 Å². The first kappa shape index (κ1) is 26.0. The highest BCUT2D eigenvalue weighted by Crippen LogP contribution is 2.43. The lowest BCUT2D eigenvalue weighted by Gasteiger charge is -2.20. The third kappa shape index (κ3) is 3.94. The molecule has 8 aromatic carbocycles. The van der Waals surface area contributed by atoms with E-state index in [-0.39, 0.29) is 5.41 Å². The van der Waals surface area contributed by atoms with E-state index in [0.29, 0.717) is 0 Å². The normalized spacial score (nSPS) is 12.3. The second-order valence-electron chi connectivity index (χ2n) is 13.4. The van der Waals surface area contributed by atoms with Gasteiger partial charge in [-0.05, 0) is 89.8 Å². The Bertz CT molecular complexity index is 2500. The molecule has 1 heteroatoms. The molecule has 1 heterocycles. The number of nitrogens with zero attached hydrogens (tertiary/aromatic N) is 1. The lowest BCUT2D eigenvalue weighted by molar-refractivity contribution is 0.590. The van der Waals surface area contributed by atoms with Crippen molar-refractivity contribution in [3.63, 3.8) is 0 Å². The van der Waals surface area contributed by atoms with Crippen LogP contribution >= 0.6 is 0 Å². The first-order chi connectivity index (χ1) is 22.0. The minimum absolute atomic E-state index is 0.135. The third-order valence-corrected chi connectivity index (χ3v) is 9.72. The van der Waals surface area contributed by atoms with Crippen LogP contribution in [0.25, 0.3) is 82.1 Å². The Morgan fingerprint density at radius 3 is 1.53 bits per heavy atom. The summed E-state index contributed by atoms with van der Waals surface area (Å²) in [6, 6.07) is 54.1. The SMILES string of the molecule is CC(C)(C)c1ccc(-c2ccc3ccc4c(-c5cccc(-n6c7ccccc7c7ccccc76)c5)ccc5ccc2c3c54)cc1. The minimum atomic E-state index is 0.135. The van der Waals surface area contributed by atoms with Crippen LogP contribution in [0.3, 0.4) is 0 Å². The summed E-state index contributed by atoms with van der Waals surface area (Å²) < 4.78 is 2.40. The Morgan fingerprint density at radius 2 is 0.956 bits per heavy atom. The lowest BCUT2D eigenvalue weighted by atomic mass is 9.85. The zero-order chi connectivity index (χ0) is 30.3. The highest BCUT2D eigenvalue weighted by atomic mass is 15.0. The molecule has 9 aromatic rings. The Balaban J connectivity index is 1.25. The van der Waals surface area contributed by atoms with E-state index in [1.165, 1.54) is 87.6 Å². The van der Waals surface area contributed by atoms with Crippen molar-refractivity contribution in [2.24, 2.45) is 0 Å². The van der Waals surface area contributed by atoms with Gasteiger partial charge in [-0.3, -0.25) is 0 Å². The van der Waals surface area contributed by atoms with E-state index in [0.717, 1.165) is 0 Å². The number of hydrogen-bond acceptors (Lipinski definition) is 0. The van der Waals surface area contributed by atoms with Gasteiger partial charge in [0.2, 0.25) is 0 Å². The van der Waals surface area contributed by atoms with E-state index in [1.807, 2.05) is 0 Å². The molecule has 0 aliphatic rings. The first-order valence-electron chi connectivity index (χ1n) is 15.9. The summed E-state index contributed by atoms with van der Waals surface area (Å²) in [7, 11) is 0. The monoisotopic (exact) mass is 575 g/mol. The van der Waals surface area contributed by atoms with Crippen molar-refractivity contribution in [2.45, 2.75) is 26.2 Å². The molecular formula is C44H33N. The molecule has 9 rings (SSSR count). The molecule has 0 saturated carbocycles. The molecule has 0 N–H and O–H groups in total. The van der Waals surface area contributed by atoms with Crippen LogP contribution < -0.4 is 0 Å². The molecule has 0 unspecified atom stereocenters. The maximum atomic E-state index is 2.40. The summed E-state index contributed by atoms with van der Waals surface area (Å²) in [5, 5.41) is 10.4. The van der Waals surface area contributed by atoms with Crippen LogP contribution in [0.4, 0.5) is 0 Å². The molecule has 0 bridgehead atoms. The summed E-state index contributed by atoms with van der Waals surface area (Å²) in [4.78, 5) is 0. The topological polar surface area (TPSA) is 4.93 Å². The standard InChI is InChI=1S/C44H33N/c1-44(2,3)32-21-15-28(16-22-32)34-23-17-29-20-26-39-35(24-18-30-19-25-38(34)42(29)43(30)39)31-9-8-10-33(27-31)45-40-13-6-4-11-36(40)37-12-5-7-14-41(37)45/h4-27H,1-3H3. The summed E-state index contributed by atoms with van der Waals surface area (Å²) in [6.07, 6.45) is 0. The third-order valence-electron chi connectivity index (χ3n) is 9.72.